The normalized spacial score (nSPS) is 15.1. The number of carbonyl (C=O) groups excluding carboxylic acids is 4. The van der Waals surface area contributed by atoms with E-state index < -0.39 is 24.4 Å². The molecule has 1 heterocycles. The molecule has 0 aromatic heterocycles. The van der Waals surface area contributed by atoms with E-state index in [9.17, 15) is 19.2 Å². The second kappa shape index (κ2) is 5.12. The van der Waals surface area contributed by atoms with E-state index in [1.54, 1.807) is 13.8 Å². The molecule has 1 saturated heterocycles. The zero-order valence-corrected chi connectivity index (χ0v) is 12.4. The smallest absolute Gasteiger partial charge is 0.292 e. The molecule has 0 spiro atoms. The van der Waals surface area contributed by atoms with Crippen molar-refractivity contribution in [3.05, 3.63) is 34.4 Å². The first-order valence-corrected chi connectivity index (χ1v) is 6.48. The lowest BCUT2D eigenvalue weighted by atomic mass is 9.96. The van der Waals surface area contributed by atoms with Gasteiger partial charge in [0, 0.05) is 12.6 Å². The van der Waals surface area contributed by atoms with E-state index >= 15 is 0 Å². The van der Waals surface area contributed by atoms with Crippen LogP contribution in [-0.2, 0) is 9.59 Å². The van der Waals surface area contributed by atoms with Gasteiger partial charge in [-0.2, -0.15) is 0 Å². The summed E-state index contributed by atoms with van der Waals surface area (Å²) in [7, 11) is 1.22. The maximum absolute atomic E-state index is 12.4. The molecule has 0 saturated carbocycles. The molecule has 1 aromatic rings. The summed E-state index contributed by atoms with van der Waals surface area (Å²) in [6.07, 6.45) is 0. The van der Waals surface area contributed by atoms with Crippen molar-refractivity contribution >= 4 is 23.6 Å². The third-order valence-electron chi connectivity index (χ3n) is 3.51. The second-order valence-electron chi connectivity index (χ2n) is 5.23. The van der Waals surface area contributed by atoms with Crippen LogP contribution in [0.3, 0.4) is 0 Å². The lowest BCUT2D eigenvalue weighted by Crippen LogP contribution is -2.36. The first-order chi connectivity index (χ1) is 9.73. The monoisotopic (exact) mass is 288 g/mol. The minimum Gasteiger partial charge on any atom is -0.292 e. The summed E-state index contributed by atoms with van der Waals surface area (Å²) in [6.45, 7) is 5.12. The molecule has 0 N–H and O–H groups in total. The molecule has 1 aromatic carbocycles. The van der Waals surface area contributed by atoms with Crippen LogP contribution >= 0.6 is 0 Å². The lowest BCUT2D eigenvalue weighted by molar-refractivity contribution is -0.142. The Balaban J connectivity index is 2.30. The number of benzene rings is 1. The highest BCUT2D eigenvalue weighted by atomic mass is 16.2. The number of aryl methyl sites for hydroxylation is 3. The van der Waals surface area contributed by atoms with Crippen LogP contribution in [-0.4, -0.2) is 47.0 Å². The van der Waals surface area contributed by atoms with Crippen LogP contribution in [0.2, 0.25) is 0 Å². The molecule has 2 rings (SSSR count). The van der Waals surface area contributed by atoms with Gasteiger partial charge in [-0.15, -0.1) is 0 Å². The first kappa shape index (κ1) is 14.9. The second-order valence-corrected chi connectivity index (χ2v) is 5.23. The van der Waals surface area contributed by atoms with Gasteiger partial charge in [-0.3, -0.25) is 19.3 Å². The van der Waals surface area contributed by atoms with Crippen LogP contribution in [0.4, 0.5) is 4.79 Å². The molecule has 21 heavy (non-hydrogen) atoms. The van der Waals surface area contributed by atoms with Crippen molar-refractivity contribution in [2.45, 2.75) is 20.8 Å². The minimum atomic E-state index is -0.960. The number of Topliss-reactive ketones (excluding diaryl/α,β-unsaturated/α-hetero) is 1. The molecular weight excluding hydrogens is 272 g/mol. The van der Waals surface area contributed by atoms with Gasteiger partial charge in [0.15, 0.2) is 5.78 Å². The van der Waals surface area contributed by atoms with Crippen LogP contribution in [0.1, 0.15) is 27.0 Å². The third kappa shape index (κ3) is 2.44. The Morgan fingerprint density at radius 2 is 1.52 bits per heavy atom. The predicted molar refractivity (Wildman–Crippen MR) is 74.9 cm³/mol. The Morgan fingerprint density at radius 3 is 1.95 bits per heavy atom. The van der Waals surface area contributed by atoms with E-state index in [4.69, 9.17) is 0 Å². The standard InChI is InChI=1S/C15H16N2O4/c1-8-5-9(2)12(10(3)6-8)11(18)7-17-14(20)13(19)16(4)15(17)21/h5-6H,7H2,1-4H3. The molecule has 0 bridgehead atoms. The number of amides is 4. The van der Waals surface area contributed by atoms with Crippen LogP contribution < -0.4 is 0 Å². The van der Waals surface area contributed by atoms with Crippen molar-refractivity contribution in [2.24, 2.45) is 0 Å². The molecule has 4 amide bonds. The fourth-order valence-corrected chi connectivity index (χ4v) is 2.60. The number of hydrogen-bond donors (Lipinski definition) is 0. The number of carbonyl (C=O) groups is 4. The molecule has 0 unspecified atom stereocenters. The average molecular weight is 288 g/mol. The van der Waals surface area contributed by atoms with E-state index in [0.717, 1.165) is 16.7 Å². The SMILES string of the molecule is Cc1cc(C)c(C(=O)CN2C(=O)C(=O)N(C)C2=O)c(C)c1. The van der Waals surface area contributed by atoms with Gasteiger partial charge in [0.2, 0.25) is 0 Å². The maximum atomic E-state index is 12.4. The van der Waals surface area contributed by atoms with E-state index in [2.05, 4.69) is 0 Å². The fraction of sp³-hybridized carbons (Fsp3) is 0.333. The van der Waals surface area contributed by atoms with E-state index in [1.165, 1.54) is 7.05 Å². The van der Waals surface area contributed by atoms with Gasteiger partial charge in [0.25, 0.3) is 0 Å². The van der Waals surface area contributed by atoms with Crippen molar-refractivity contribution in [3.8, 4) is 0 Å². The number of imide groups is 2. The van der Waals surface area contributed by atoms with Crippen molar-refractivity contribution < 1.29 is 19.2 Å². The Bertz CT molecular complexity index is 655. The summed E-state index contributed by atoms with van der Waals surface area (Å²) in [5.41, 5.74) is 3.10. The highest BCUT2D eigenvalue weighted by molar-refractivity contribution is 6.45. The molecule has 0 atom stereocenters. The van der Waals surface area contributed by atoms with Crippen molar-refractivity contribution in [1.29, 1.82) is 0 Å². The van der Waals surface area contributed by atoms with Gasteiger partial charge in [0.05, 0.1) is 6.54 Å². The summed E-state index contributed by atoms with van der Waals surface area (Å²) >= 11 is 0. The highest BCUT2D eigenvalue weighted by Gasteiger charge is 2.43. The molecule has 1 aliphatic rings. The Morgan fingerprint density at radius 1 is 1.00 bits per heavy atom. The van der Waals surface area contributed by atoms with Crippen molar-refractivity contribution in [2.75, 3.05) is 13.6 Å². The summed E-state index contributed by atoms with van der Waals surface area (Å²) in [5.74, 6) is -2.22. The van der Waals surface area contributed by atoms with Crippen molar-refractivity contribution in [1.82, 2.24) is 9.80 Å². The maximum Gasteiger partial charge on any atom is 0.334 e. The van der Waals surface area contributed by atoms with Crippen molar-refractivity contribution in [3.63, 3.8) is 0 Å². The first-order valence-electron chi connectivity index (χ1n) is 6.48. The fourth-order valence-electron chi connectivity index (χ4n) is 2.60. The zero-order valence-electron chi connectivity index (χ0n) is 12.4. The van der Waals surface area contributed by atoms with E-state index in [1.807, 2.05) is 19.1 Å². The van der Waals surface area contributed by atoms with Gasteiger partial charge in [-0.25, -0.2) is 9.69 Å². The van der Waals surface area contributed by atoms with E-state index in [0.29, 0.717) is 15.4 Å². The van der Waals surface area contributed by atoms with Crippen LogP contribution in [0, 0.1) is 20.8 Å². The summed E-state index contributed by atoms with van der Waals surface area (Å²) in [5, 5.41) is 0. The zero-order chi connectivity index (χ0) is 15.9. The van der Waals surface area contributed by atoms with Gasteiger partial charge in [0.1, 0.15) is 0 Å². The number of likely N-dealkylation sites (N-methyl/N-ethyl adjacent to an activating group) is 1. The van der Waals surface area contributed by atoms with E-state index in [-0.39, 0.29) is 5.78 Å². The largest absolute Gasteiger partial charge is 0.334 e. The predicted octanol–water partition coefficient (Wildman–Crippen LogP) is 1.22. The topological polar surface area (TPSA) is 74.8 Å². The number of nitrogens with zero attached hydrogens (tertiary/aromatic N) is 2. The van der Waals surface area contributed by atoms with Gasteiger partial charge in [-0.05, 0) is 31.9 Å². The lowest BCUT2D eigenvalue weighted by Gasteiger charge is -2.15. The third-order valence-corrected chi connectivity index (χ3v) is 3.51. The number of ketones is 1. The number of hydrogen-bond acceptors (Lipinski definition) is 4. The molecule has 0 aliphatic carbocycles. The average Bonchev–Trinajstić information content (AvgIpc) is 2.55. The molecule has 110 valence electrons. The summed E-state index contributed by atoms with van der Waals surface area (Å²) in [4.78, 5) is 48.7. The molecular formula is C15H16N2O4. The number of rotatable bonds is 3. The quantitative estimate of drug-likeness (QED) is 0.476. The highest BCUT2D eigenvalue weighted by Crippen LogP contribution is 2.19. The number of urea groups is 1. The Hall–Kier alpha value is -2.50. The summed E-state index contributed by atoms with van der Waals surface area (Å²) in [6, 6.07) is 2.97. The van der Waals surface area contributed by atoms with Crippen LogP contribution in [0.25, 0.3) is 0 Å². The van der Waals surface area contributed by atoms with Crippen LogP contribution in [0.5, 0.6) is 0 Å². The summed E-state index contributed by atoms with van der Waals surface area (Å²) < 4.78 is 0. The molecule has 6 nitrogen and oxygen atoms in total. The Labute approximate surface area is 122 Å². The molecule has 1 aliphatic heterocycles. The van der Waals surface area contributed by atoms with Crippen LogP contribution in [0.15, 0.2) is 12.1 Å². The van der Waals surface area contributed by atoms with Gasteiger partial charge >= 0.3 is 17.8 Å². The minimum absolute atomic E-state index is 0.352. The van der Waals surface area contributed by atoms with Gasteiger partial charge < -0.3 is 0 Å². The molecule has 0 radical (unpaired) electrons. The van der Waals surface area contributed by atoms with Gasteiger partial charge in [-0.1, -0.05) is 17.7 Å². The Kier molecular flexibility index (Phi) is 3.63. The molecule has 1 fully saturated rings. The molecule has 6 heteroatoms.